The first-order valence-electron chi connectivity index (χ1n) is 13.0. The fourth-order valence-corrected chi connectivity index (χ4v) is 6.38. The van der Waals surface area contributed by atoms with Gasteiger partial charge in [0, 0.05) is 0 Å². The van der Waals surface area contributed by atoms with Gasteiger partial charge in [-0.15, -0.1) is 0 Å². The number of rotatable bonds is 2. The molecule has 37 heavy (non-hydrogen) atoms. The maximum Gasteiger partial charge on any atom is -0.00132 e. The molecule has 0 radical (unpaired) electrons. The van der Waals surface area contributed by atoms with Gasteiger partial charge >= 0.3 is 0 Å². The van der Waals surface area contributed by atoms with Crippen LogP contribution in [0, 0.1) is 0 Å². The predicted molar refractivity (Wildman–Crippen MR) is 158 cm³/mol. The Morgan fingerprint density at radius 3 is 1.65 bits per heavy atom. The Labute approximate surface area is 216 Å². The standard InChI is InChI=1S/C37H24/c1-2-13-29-26(9-1)22-28-12-8-18-30(37(28)29)27-11-7-10-24(21-27)25-19-20-35-33-16-4-3-14-31(33)32-15-5-6-17-34(32)36(35)23-25/h1-21,23H,22H2. The van der Waals surface area contributed by atoms with Crippen LogP contribution >= 0.6 is 0 Å². The van der Waals surface area contributed by atoms with Crippen molar-refractivity contribution >= 4 is 32.3 Å². The highest BCUT2D eigenvalue weighted by Gasteiger charge is 2.21. The third-order valence-electron chi connectivity index (χ3n) is 8.07. The van der Waals surface area contributed by atoms with Crippen molar-refractivity contribution in [2.24, 2.45) is 0 Å². The van der Waals surface area contributed by atoms with E-state index in [1.165, 1.54) is 76.8 Å². The van der Waals surface area contributed by atoms with Gasteiger partial charge in [-0.2, -0.15) is 0 Å². The average molecular weight is 469 g/mol. The fourth-order valence-electron chi connectivity index (χ4n) is 6.38. The molecule has 1 aliphatic carbocycles. The van der Waals surface area contributed by atoms with E-state index in [2.05, 4.69) is 133 Å². The maximum absolute atomic E-state index is 2.38. The van der Waals surface area contributed by atoms with Crippen LogP contribution < -0.4 is 0 Å². The lowest BCUT2D eigenvalue weighted by Crippen LogP contribution is -1.88. The van der Waals surface area contributed by atoms with E-state index in [-0.39, 0.29) is 0 Å². The average Bonchev–Trinajstić information content (AvgIpc) is 3.36. The largest absolute Gasteiger partial charge is 0.0619 e. The Balaban J connectivity index is 1.33. The van der Waals surface area contributed by atoms with Crippen LogP contribution in [0.2, 0.25) is 0 Å². The molecule has 0 saturated heterocycles. The van der Waals surface area contributed by atoms with E-state index >= 15 is 0 Å². The minimum absolute atomic E-state index is 1.02. The molecule has 0 nitrogen and oxygen atoms in total. The molecule has 8 rings (SSSR count). The fraction of sp³-hybridized carbons (Fsp3) is 0.0270. The van der Waals surface area contributed by atoms with Gasteiger partial charge in [-0.25, -0.2) is 0 Å². The molecule has 7 aromatic carbocycles. The monoisotopic (exact) mass is 468 g/mol. The highest BCUT2D eigenvalue weighted by molar-refractivity contribution is 6.25. The van der Waals surface area contributed by atoms with E-state index < -0.39 is 0 Å². The number of benzene rings is 7. The summed E-state index contributed by atoms with van der Waals surface area (Å²) in [7, 11) is 0. The van der Waals surface area contributed by atoms with E-state index in [4.69, 9.17) is 0 Å². The molecule has 0 heterocycles. The zero-order chi connectivity index (χ0) is 24.3. The molecule has 0 bridgehead atoms. The van der Waals surface area contributed by atoms with Crippen molar-refractivity contribution in [1.29, 1.82) is 0 Å². The van der Waals surface area contributed by atoms with E-state index in [9.17, 15) is 0 Å². The first-order valence-corrected chi connectivity index (χ1v) is 13.0. The van der Waals surface area contributed by atoms with Gasteiger partial charge in [0.1, 0.15) is 0 Å². The Bertz CT molecular complexity index is 1970. The smallest absolute Gasteiger partial charge is 0.00132 e. The van der Waals surface area contributed by atoms with Crippen molar-refractivity contribution in [3.05, 3.63) is 145 Å². The molecule has 0 aliphatic heterocycles. The molecule has 1 aliphatic rings. The molecule has 0 unspecified atom stereocenters. The van der Waals surface area contributed by atoms with Gasteiger partial charge in [-0.05, 0) is 95.4 Å². The van der Waals surface area contributed by atoms with Gasteiger partial charge in [0.05, 0.1) is 0 Å². The van der Waals surface area contributed by atoms with Crippen molar-refractivity contribution in [3.63, 3.8) is 0 Å². The second kappa shape index (κ2) is 7.91. The molecule has 0 N–H and O–H groups in total. The Morgan fingerprint density at radius 1 is 0.324 bits per heavy atom. The molecular formula is C37H24. The van der Waals surface area contributed by atoms with Crippen LogP contribution in [0.25, 0.3) is 65.7 Å². The van der Waals surface area contributed by atoms with Crippen LogP contribution in [0.1, 0.15) is 11.1 Å². The summed E-state index contributed by atoms with van der Waals surface area (Å²) in [6, 6.07) is 49.2. The van der Waals surface area contributed by atoms with Crippen molar-refractivity contribution in [3.8, 4) is 33.4 Å². The number of hydrogen-bond donors (Lipinski definition) is 0. The lowest BCUT2D eigenvalue weighted by molar-refractivity contribution is 1.26. The first kappa shape index (κ1) is 20.5. The van der Waals surface area contributed by atoms with Crippen molar-refractivity contribution < 1.29 is 0 Å². The lowest BCUT2D eigenvalue weighted by atomic mass is 9.90. The van der Waals surface area contributed by atoms with Crippen molar-refractivity contribution in [1.82, 2.24) is 0 Å². The Morgan fingerprint density at radius 2 is 0.865 bits per heavy atom. The second-order valence-electron chi connectivity index (χ2n) is 10.1. The molecular weight excluding hydrogens is 444 g/mol. The van der Waals surface area contributed by atoms with Crippen LogP contribution in [0.3, 0.4) is 0 Å². The summed E-state index contributed by atoms with van der Waals surface area (Å²) in [4.78, 5) is 0. The summed E-state index contributed by atoms with van der Waals surface area (Å²) < 4.78 is 0. The summed E-state index contributed by atoms with van der Waals surface area (Å²) in [5.41, 5.74) is 10.7. The lowest BCUT2D eigenvalue weighted by Gasteiger charge is -2.14. The zero-order valence-corrected chi connectivity index (χ0v) is 20.4. The predicted octanol–water partition coefficient (Wildman–Crippen LogP) is 10.1. The maximum atomic E-state index is 2.38. The third kappa shape index (κ3) is 3.09. The number of hydrogen-bond acceptors (Lipinski definition) is 0. The normalized spacial score (nSPS) is 12.2. The summed E-state index contributed by atoms with van der Waals surface area (Å²) in [6.45, 7) is 0. The van der Waals surface area contributed by atoms with Crippen molar-refractivity contribution in [2.45, 2.75) is 6.42 Å². The molecule has 0 atom stereocenters. The Kier molecular flexibility index (Phi) is 4.39. The molecule has 0 amide bonds. The van der Waals surface area contributed by atoms with Gasteiger partial charge in [0.15, 0.2) is 0 Å². The molecule has 172 valence electrons. The summed E-state index contributed by atoms with van der Waals surface area (Å²) in [5.74, 6) is 0. The van der Waals surface area contributed by atoms with Gasteiger partial charge in [0.2, 0.25) is 0 Å². The SMILES string of the molecule is c1cc(-c2ccc3c4ccccc4c4ccccc4c3c2)cc(-c2cccc3c2-c2ccccc2C3)c1. The van der Waals surface area contributed by atoms with Crippen molar-refractivity contribution in [2.75, 3.05) is 0 Å². The van der Waals surface area contributed by atoms with Gasteiger partial charge in [-0.1, -0.05) is 121 Å². The first-order chi connectivity index (χ1) is 18.3. The summed E-state index contributed by atoms with van der Waals surface area (Å²) in [5, 5.41) is 7.88. The van der Waals surface area contributed by atoms with Gasteiger partial charge < -0.3 is 0 Å². The molecule has 0 fully saturated rings. The summed E-state index contributed by atoms with van der Waals surface area (Å²) >= 11 is 0. The minimum atomic E-state index is 1.02. The molecule has 0 saturated carbocycles. The van der Waals surface area contributed by atoms with Crippen LogP contribution in [0.4, 0.5) is 0 Å². The molecule has 7 aromatic rings. The van der Waals surface area contributed by atoms with Gasteiger partial charge in [0.25, 0.3) is 0 Å². The van der Waals surface area contributed by atoms with E-state index in [1.807, 2.05) is 0 Å². The van der Waals surface area contributed by atoms with Crippen LogP contribution in [-0.4, -0.2) is 0 Å². The van der Waals surface area contributed by atoms with E-state index in [0.29, 0.717) is 0 Å². The highest BCUT2D eigenvalue weighted by Crippen LogP contribution is 2.44. The van der Waals surface area contributed by atoms with Crippen LogP contribution in [0.5, 0.6) is 0 Å². The van der Waals surface area contributed by atoms with Gasteiger partial charge in [-0.3, -0.25) is 0 Å². The molecule has 0 heteroatoms. The molecule has 0 aromatic heterocycles. The number of fused-ring (bicyclic) bond motifs is 9. The highest BCUT2D eigenvalue weighted by atomic mass is 14.2. The quantitative estimate of drug-likeness (QED) is 0.221. The zero-order valence-electron chi connectivity index (χ0n) is 20.4. The minimum Gasteiger partial charge on any atom is -0.0619 e. The van der Waals surface area contributed by atoms with Crippen LogP contribution in [-0.2, 0) is 6.42 Å². The van der Waals surface area contributed by atoms with E-state index in [1.54, 1.807) is 0 Å². The van der Waals surface area contributed by atoms with E-state index in [0.717, 1.165) is 6.42 Å². The summed E-state index contributed by atoms with van der Waals surface area (Å²) in [6.07, 6.45) is 1.02. The second-order valence-corrected chi connectivity index (χ2v) is 10.1. The van der Waals surface area contributed by atoms with Crippen LogP contribution in [0.15, 0.2) is 133 Å². The molecule has 0 spiro atoms. The topological polar surface area (TPSA) is 0 Å². The Hall–Kier alpha value is -4.68. The third-order valence-corrected chi connectivity index (χ3v) is 8.07.